The minimum atomic E-state index is -0.410. The van der Waals surface area contributed by atoms with E-state index in [1.165, 1.54) is 11.6 Å². The molecule has 0 saturated carbocycles. The van der Waals surface area contributed by atoms with Crippen molar-refractivity contribution in [1.29, 1.82) is 0 Å². The predicted molar refractivity (Wildman–Crippen MR) is 99.5 cm³/mol. The van der Waals surface area contributed by atoms with Crippen molar-refractivity contribution in [1.82, 2.24) is 14.9 Å². The number of ether oxygens (including phenoxy) is 2. The summed E-state index contributed by atoms with van der Waals surface area (Å²) < 4.78 is 11.8. The number of esters is 1. The fourth-order valence-corrected chi connectivity index (χ4v) is 1.72. The lowest BCUT2D eigenvalue weighted by Gasteiger charge is -2.10. The van der Waals surface area contributed by atoms with Gasteiger partial charge in [0.1, 0.15) is 0 Å². The maximum absolute atomic E-state index is 11.1. The normalized spacial score (nSPS) is 9.88. The number of anilines is 1. The molecule has 25 heavy (non-hydrogen) atoms. The molecule has 3 N–H and O–H groups in total. The van der Waals surface area contributed by atoms with Crippen LogP contribution < -0.4 is 20.7 Å². The van der Waals surface area contributed by atoms with E-state index >= 15 is 0 Å². The first kappa shape index (κ1) is 22.5. The highest BCUT2D eigenvalue weighted by atomic mass is 35.5. The molecule has 11 heteroatoms. The molecule has 0 aliphatic heterocycles. The van der Waals surface area contributed by atoms with Crippen LogP contribution in [0.15, 0.2) is 23.3 Å². The fourth-order valence-electron chi connectivity index (χ4n) is 1.72. The Morgan fingerprint density at radius 1 is 1.36 bits per heavy atom. The van der Waals surface area contributed by atoms with Crippen LogP contribution in [0.3, 0.4) is 0 Å². The van der Waals surface area contributed by atoms with Gasteiger partial charge in [0, 0.05) is 6.92 Å². The molecule has 0 fully saturated rings. The summed E-state index contributed by atoms with van der Waals surface area (Å²) in [6, 6.07) is 5.10. The Morgan fingerprint density at radius 3 is 2.64 bits per heavy atom. The van der Waals surface area contributed by atoms with E-state index in [1.54, 1.807) is 31.3 Å². The molecule has 0 amide bonds. The van der Waals surface area contributed by atoms with Crippen LogP contribution in [0.25, 0.3) is 0 Å². The molecule has 0 bridgehead atoms. The van der Waals surface area contributed by atoms with Gasteiger partial charge in [0.2, 0.25) is 0 Å². The highest BCUT2D eigenvalue weighted by Crippen LogP contribution is 2.28. The molecule has 9 nitrogen and oxygen atoms in total. The molecule has 0 aliphatic carbocycles. The summed E-state index contributed by atoms with van der Waals surface area (Å²) in [5.74, 6) is 7.00. The van der Waals surface area contributed by atoms with Gasteiger partial charge in [-0.15, -0.1) is 35.0 Å². The molecule has 138 valence electrons. The Morgan fingerprint density at radius 2 is 2.08 bits per heavy atom. The number of hydrazone groups is 1. The highest BCUT2D eigenvalue weighted by molar-refractivity contribution is 5.85. The van der Waals surface area contributed by atoms with Gasteiger partial charge < -0.3 is 15.3 Å². The van der Waals surface area contributed by atoms with Gasteiger partial charge in [-0.1, -0.05) is 0 Å². The first-order valence-electron chi connectivity index (χ1n) is 6.92. The lowest BCUT2D eigenvalue weighted by atomic mass is 10.2. The molecule has 0 radical (unpaired) electrons. The zero-order valence-electron chi connectivity index (χ0n) is 13.9. The van der Waals surface area contributed by atoms with Crippen LogP contribution in [0, 0.1) is 6.92 Å². The molecule has 0 saturated heterocycles. The van der Waals surface area contributed by atoms with Crippen molar-refractivity contribution in [2.24, 2.45) is 5.10 Å². The van der Waals surface area contributed by atoms with Crippen molar-refractivity contribution in [2.75, 3.05) is 17.9 Å². The Kier molecular flexibility index (Phi) is 9.32. The fraction of sp³-hybridized carbons (Fsp3) is 0.286. The van der Waals surface area contributed by atoms with Crippen molar-refractivity contribution in [3.05, 3.63) is 29.6 Å². The van der Waals surface area contributed by atoms with E-state index in [0.29, 0.717) is 29.9 Å². The Bertz CT molecular complexity index is 735. The third kappa shape index (κ3) is 6.12. The van der Waals surface area contributed by atoms with Crippen LogP contribution in [-0.4, -0.2) is 33.7 Å². The highest BCUT2D eigenvalue weighted by Gasteiger charge is 2.08. The van der Waals surface area contributed by atoms with Crippen molar-refractivity contribution in [3.8, 4) is 11.5 Å². The number of hydrogen-bond acceptors (Lipinski definition) is 8. The molecule has 0 atom stereocenters. The van der Waals surface area contributed by atoms with Gasteiger partial charge >= 0.3 is 5.97 Å². The summed E-state index contributed by atoms with van der Waals surface area (Å²) in [6.07, 6.45) is 1.56. The van der Waals surface area contributed by atoms with Gasteiger partial charge in [-0.3, -0.25) is 4.79 Å². The number of nitrogens with two attached hydrogens (primary N) is 1. The summed E-state index contributed by atoms with van der Waals surface area (Å²) in [5, 5.41) is 11.7. The van der Waals surface area contributed by atoms with E-state index < -0.39 is 5.97 Å². The number of nitrogen functional groups attached to an aromatic ring is 1. The lowest BCUT2D eigenvalue weighted by molar-refractivity contribution is -0.132. The number of hydrogen-bond donors (Lipinski definition) is 2. The second kappa shape index (κ2) is 10.4. The molecular weight excluding hydrogens is 371 g/mol. The second-order valence-electron chi connectivity index (χ2n) is 4.54. The number of aromatic nitrogens is 3. The molecule has 2 rings (SSSR count). The summed E-state index contributed by atoms with van der Waals surface area (Å²) >= 11 is 0. The van der Waals surface area contributed by atoms with E-state index in [1.807, 2.05) is 6.92 Å². The lowest BCUT2D eigenvalue weighted by Crippen LogP contribution is -2.13. The van der Waals surface area contributed by atoms with Crippen LogP contribution in [0.2, 0.25) is 0 Å². The van der Waals surface area contributed by atoms with Gasteiger partial charge in [-0.25, -0.2) is 10.1 Å². The quantitative estimate of drug-likeness (QED) is 0.254. The number of benzene rings is 1. The van der Waals surface area contributed by atoms with E-state index in [9.17, 15) is 4.79 Å². The van der Waals surface area contributed by atoms with Crippen molar-refractivity contribution >= 4 is 42.9 Å². The zero-order chi connectivity index (χ0) is 16.8. The summed E-state index contributed by atoms with van der Waals surface area (Å²) in [4.78, 5) is 11.1. The average Bonchev–Trinajstić information content (AvgIpc) is 2.82. The van der Waals surface area contributed by atoms with Crippen LogP contribution in [-0.2, 0) is 4.79 Å². The van der Waals surface area contributed by atoms with Crippen LogP contribution in [0.4, 0.5) is 5.95 Å². The van der Waals surface area contributed by atoms with Crippen molar-refractivity contribution in [3.63, 3.8) is 0 Å². The van der Waals surface area contributed by atoms with Gasteiger partial charge in [0.15, 0.2) is 17.3 Å². The van der Waals surface area contributed by atoms with Crippen molar-refractivity contribution in [2.45, 2.75) is 20.8 Å². The average molecular weight is 391 g/mol. The number of nitrogens with zero attached hydrogens (tertiary/aromatic N) is 4. The smallest absolute Gasteiger partial charge is 0.308 e. The maximum Gasteiger partial charge on any atom is 0.308 e. The maximum atomic E-state index is 11.1. The van der Waals surface area contributed by atoms with E-state index in [-0.39, 0.29) is 24.8 Å². The molecule has 1 heterocycles. The largest absolute Gasteiger partial charge is 0.490 e. The van der Waals surface area contributed by atoms with E-state index in [4.69, 9.17) is 15.3 Å². The predicted octanol–water partition coefficient (Wildman–Crippen LogP) is 1.91. The topological polar surface area (TPSA) is 117 Å². The number of rotatable bonds is 6. The number of nitrogens with one attached hydrogen (secondary N) is 1. The standard InChI is InChI=1S/C14H18N6O3.2ClH/c1-4-22-13-7-11(5-6-12(13)23-10(3)21)8-16-18-14-19-17-9(2)20(14)15;;/h5-8H,4,15H2,1-3H3,(H,18,19);2*1H. The number of carbonyl (C=O) groups excluding carboxylic acids is 1. The Labute approximate surface area is 157 Å². The number of halogens is 2. The van der Waals surface area contributed by atoms with Gasteiger partial charge in [0.05, 0.1) is 12.8 Å². The number of carbonyl (C=O) groups is 1. The van der Waals surface area contributed by atoms with Gasteiger partial charge in [0.25, 0.3) is 5.95 Å². The second-order valence-corrected chi connectivity index (χ2v) is 4.54. The minimum absolute atomic E-state index is 0. The van der Waals surface area contributed by atoms with E-state index in [2.05, 4.69) is 20.7 Å². The number of aryl methyl sites for hydroxylation is 1. The third-order valence-corrected chi connectivity index (χ3v) is 2.77. The van der Waals surface area contributed by atoms with Gasteiger partial charge in [-0.05, 0) is 37.6 Å². The molecule has 0 aliphatic rings. The summed E-state index contributed by atoms with van der Waals surface area (Å²) in [5.41, 5.74) is 3.44. The minimum Gasteiger partial charge on any atom is -0.490 e. The SMILES string of the molecule is CCOc1cc(C=NNc2nnc(C)n2N)ccc1OC(C)=O.Cl.Cl. The molecule has 1 aromatic heterocycles. The van der Waals surface area contributed by atoms with Crippen LogP contribution >= 0.6 is 24.8 Å². The summed E-state index contributed by atoms with van der Waals surface area (Å²) in [7, 11) is 0. The first-order valence-corrected chi connectivity index (χ1v) is 6.92. The third-order valence-electron chi connectivity index (χ3n) is 2.77. The van der Waals surface area contributed by atoms with Crippen LogP contribution in [0.5, 0.6) is 11.5 Å². The Balaban J connectivity index is 0.00000288. The molecule has 0 spiro atoms. The van der Waals surface area contributed by atoms with E-state index in [0.717, 1.165) is 5.56 Å². The molecular formula is C14H20Cl2N6O3. The zero-order valence-corrected chi connectivity index (χ0v) is 15.6. The molecule has 1 aromatic carbocycles. The Hall–Kier alpha value is -2.52. The summed E-state index contributed by atoms with van der Waals surface area (Å²) in [6.45, 7) is 5.35. The molecule has 2 aromatic rings. The van der Waals surface area contributed by atoms with Gasteiger partial charge in [-0.2, -0.15) is 5.10 Å². The van der Waals surface area contributed by atoms with Crippen LogP contribution in [0.1, 0.15) is 25.2 Å². The molecule has 0 unspecified atom stereocenters. The monoisotopic (exact) mass is 390 g/mol. The first-order chi connectivity index (χ1) is 11.0. The van der Waals surface area contributed by atoms with Crippen molar-refractivity contribution < 1.29 is 14.3 Å².